The number of hydrogen-bond acceptors (Lipinski definition) is 2. The predicted octanol–water partition coefficient (Wildman–Crippen LogP) is 3.63. The van der Waals surface area contributed by atoms with Crippen LogP contribution in [0.25, 0.3) is 0 Å². The third-order valence-electron chi connectivity index (χ3n) is 2.85. The van der Waals surface area contributed by atoms with Crippen LogP contribution in [0.2, 0.25) is 0 Å². The van der Waals surface area contributed by atoms with Gasteiger partial charge in [0, 0.05) is 6.04 Å². The van der Waals surface area contributed by atoms with Crippen LogP contribution in [0.4, 0.5) is 8.78 Å². The summed E-state index contributed by atoms with van der Waals surface area (Å²) >= 11 is 1.77. The van der Waals surface area contributed by atoms with E-state index in [1.807, 2.05) is 0 Å². The molecule has 0 aromatic heterocycles. The van der Waals surface area contributed by atoms with Gasteiger partial charge in [0.1, 0.15) is 0 Å². The minimum atomic E-state index is -0.758. The Labute approximate surface area is 112 Å². The number of thioether (sulfide) groups is 1. The van der Waals surface area contributed by atoms with E-state index in [0.29, 0.717) is 12.0 Å². The van der Waals surface area contributed by atoms with Crippen LogP contribution in [0, 0.1) is 11.6 Å². The van der Waals surface area contributed by atoms with E-state index in [9.17, 15) is 8.78 Å². The van der Waals surface area contributed by atoms with Crippen molar-refractivity contribution in [3.8, 4) is 0 Å². The van der Waals surface area contributed by atoms with E-state index in [1.54, 1.807) is 23.9 Å². The fraction of sp³-hybridized carbons (Fsp3) is 0.571. The maximum atomic E-state index is 13.6. The lowest BCUT2D eigenvalue weighted by Crippen LogP contribution is -2.32. The molecule has 0 amide bonds. The minimum absolute atomic E-state index is 0.216. The quantitative estimate of drug-likeness (QED) is 0.776. The van der Waals surface area contributed by atoms with Gasteiger partial charge in [-0.3, -0.25) is 0 Å². The molecule has 1 rings (SSSR count). The van der Waals surface area contributed by atoms with Gasteiger partial charge < -0.3 is 5.32 Å². The second-order valence-corrected chi connectivity index (χ2v) is 5.34. The molecule has 1 N–H and O–H groups in total. The Morgan fingerprint density at radius 3 is 2.78 bits per heavy atom. The second-order valence-electron chi connectivity index (χ2n) is 4.35. The third-order valence-corrected chi connectivity index (χ3v) is 3.50. The molecule has 102 valence electrons. The number of halogens is 2. The standard InChI is InChI=1S/C14H21F2NS/c1-3-8-17-12(7-9-18-2)10-11-5-4-6-13(15)14(11)16/h4-6,12,17H,3,7-10H2,1-2H3. The number of benzene rings is 1. The second kappa shape index (κ2) is 8.48. The van der Waals surface area contributed by atoms with Crippen molar-refractivity contribution in [3.05, 3.63) is 35.4 Å². The topological polar surface area (TPSA) is 12.0 Å². The van der Waals surface area contributed by atoms with Crippen molar-refractivity contribution < 1.29 is 8.78 Å². The van der Waals surface area contributed by atoms with E-state index in [1.165, 1.54) is 0 Å². The molecule has 0 bridgehead atoms. The van der Waals surface area contributed by atoms with Gasteiger partial charge in [-0.15, -0.1) is 0 Å². The summed E-state index contributed by atoms with van der Waals surface area (Å²) in [5.41, 5.74) is 0.463. The van der Waals surface area contributed by atoms with Crippen molar-refractivity contribution in [2.24, 2.45) is 0 Å². The van der Waals surface area contributed by atoms with Crippen LogP contribution in [0.5, 0.6) is 0 Å². The van der Waals surface area contributed by atoms with Gasteiger partial charge in [0.05, 0.1) is 0 Å². The van der Waals surface area contributed by atoms with Crippen LogP contribution in [-0.2, 0) is 6.42 Å². The van der Waals surface area contributed by atoms with Crippen molar-refractivity contribution in [1.82, 2.24) is 5.32 Å². The molecule has 0 aliphatic carbocycles. The number of rotatable bonds is 8. The lowest BCUT2D eigenvalue weighted by molar-refractivity contribution is 0.465. The molecule has 0 saturated heterocycles. The fourth-order valence-corrected chi connectivity index (χ4v) is 2.38. The van der Waals surface area contributed by atoms with Gasteiger partial charge in [-0.1, -0.05) is 19.1 Å². The zero-order valence-electron chi connectivity index (χ0n) is 11.0. The van der Waals surface area contributed by atoms with E-state index < -0.39 is 11.6 Å². The van der Waals surface area contributed by atoms with E-state index in [2.05, 4.69) is 18.5 Å². The summed E-state index contributed by atoms with van der Waals surface area (Å²) in [6, 6.07) is 4.61. The highest BCUT2D eigenvalue weighted by molar-refractivity contribution is 7.98. The normalized spacial score (nSPS) is 12.7. The Bertz CT molecular complexity index is 350. The van der Waals surface area contributed by atoms with Gasteiger partial charge in [0.25, 0.3) is 0 Å². The van der Waals surface area contributed by atoms with Gasteiger partial charge in [-0.25, -0.2) is 8.78 Å². The molecule has 0 aliphatic heterocycles. The molecule has 18 heavy (non-hydrogen) atoms. The molecular formula is C14H21F2NS. The smallest absolute Gasteiger partial charge is 0.162 e. The fourth-order valence-electron chi connectivity index (χ4n) is 1.86. The number of nitrogens with one attached hydrogen (secondary N) is 1. The van der Waals surface area contributed by atoms with Crippen LogP contribution >= 0.6 is 11.8 Å². The summed E-state index contributed by atoms with van der Waals surface area (Å²) in [6.45, 7) is 3.01. The lowest BCUT2D eigenvalue weighted by atomic mass is 10.0. The van der Waals surface area contributed by atoms with Gasteiger partial charge in [0.15, 0.2) is 11.6 Å². The van der Waals surface area contributed by atoms with E-state index in [0.717, 1.165) is 31.2 Å². The van der Waals surface area contributed by atoms with E-state index in [-0.39, 0.29) is 6.04 Å². The molecule has 0 aliphatic rings. The van der Waals surface area contributed by atoms with Gasteiger partial charge in [-0.2, -0.15) is 11.8 Å². The maximum Gasteiger partial charge on any atom is 0.162 e. The molecule has 1 aromatic rings. The van der Waals surface area contributed by atoms with Crippen LogP contribution < -0.4 is 5.32 Å². The highest BCUT2D eigenvalue weighted by Crippen LogP contribution is 2.15. The SMILES string of the molecule is CCCNC(CCSC)Cc1cccc(F)c1F. The van der Waals surface area contributed by atoms with E-state index in [4.69, 9.17) is 0 Å². The van der Waals surface area contributed by atoms with Crippen LogP contribution in [0.3, 0.4) is 0 Å². The molecule has 0 heterocycles. The third kappa shape index (κ3) is 4.94. The Morgan fingerprint density at radius 1 is 1.33 bits per heavy atom. The van der Waals surface area contributed by atoms with Crippen molar-refractivity contribution in [1.29, 1.82) is 0 Å². The molecule has 1 nitrogen and oxygen atoms in total. The van der Waals surface area contributed by atoms with Crippen molar-refractivity contribution >= 4 is 11.8 Å². The molecule has 0 fully saturated rings. The van der Waals surface area contributed by atoms with Gasteiger partial charge >= 0.3 is 0 Å². The zero-order chi connectivity index (χ0) is 13.4. The Morgan fingerprint density at radius 2 is 2.11 bits per heavy atom. The molecule has 0 radical (unpaired) electrons. The van der Waals surface area contributed by atoms with Gasteiger partial charge in [-0.05, 0) is 49.4 Å². The van der Waals surface area contributed by atoms with Crippen molar-refractivity contribution in [3.63, 3.8) is 0 Å². The van der Waals surface area contributed by atoms with Crippen molar-refractivity contribution in [2.45, 2.75) is 32.2 Å². The highest BCUT2D eigenvalue weighted by Gasteiger charge is 2.13. The van der Waals surface area contributed by atoms with E-state index >= 15 is 0 Å². The summed E-state index contributed by atoms with van der Waals surface area (Å²) in [6.07, 6.45) is 4.61. The summed E-state index contributed by atoms with van der Waals surface area (Å²) < 4.78 is 26.7. The maximum absolute atomic E-state index is 13.6. The van der Waals surface area contributed by atoms with Gasteiger partial charge in [0.2, 0.25) is 0 Å². The average molecular weight is 273 g/mol. The Balaban J connectivity index is 2.65. The first-order valence-corrected chi connectivity index (χ1v) is 7.73. The predicted molar refractivity (Wildman–Crippen MR) is 75.1 cm³/mol. The molecule has 1 atom stereocenters. The first kappa shape index (κ1) is 15.4. The molecule has 1 aromatic carbocycles. The first-order chi connectivity index (χ1) is 8.69. The zero-order valence-corrected chi connectivity index (χ0v) is 11.8. The van der Waals surface area contributed by atoms with Crippen LogP contribution in [0.15, 0.2) is 18.2 Å². The summed E-state index contributed by atoms with van der Waals surface area (Å²) in [5, 5.41) is 3.40. The number of hydrogen-bond donors (Lipinski definition) is 1. The summed E-state index contributed by atoms with van der Waals surface area (Å²) in [4.78, 5) is 0. The monoisotopic (exact) mass is 273 g/mol. The minimum Gasteiger partial charge on any atom is -0.314 e. The molecule has 0 spiro atoms. The Hall–Kier alpha value is -0.610. The molecular weight excluding hydrogens is 252 g/mol. The molecule has 0 saturated carbocycles. The molecule has 1 unspecified atom stereocenters. The first-order valence-electron chi connectivity index (χ1n) is 6.34. The van der Waals surface area contributed by atoms with Crippen LogP contribution in [-0.4, -0.2) is 24.6 Å². The summed E-state index contributed by atoms with van der Waals surface area (Å²) in [5.74, 6) is -0.435. The average Bonchev–Trinajstić information content (AvgIpc) is 2.38. The van der Waals surface area contributed by atoms with Crippen LogP contribution in [0.1, 0.15) is 25.3 Å². The summed E-state index contributed by atoms with van der Waals surface area (Å²) in [7, 11) is 0. The van der Waals surface area contributed by atoms with Crippen molar-refractivity contribution in [2.75, 3.05) is 18.6 Å². The lowest BCUT2D eigenvalue weighted by Gasteiger charge is -2.18. The largest absolute Gasteiger partial charge is 0.314 e. The molecule has 4 heteroatoms. The highest BCUT2D eigenvalue weighted by atomic mass is 32.2. The Kier molecular flexibility index (Phi) is 7.28.